The van der Waals surface area contributed by atoms with Gasteiger partial charge >= 0.3 is 11.9 Å². The highest BCUT2D eigenvalue weighted by molar-refractivity contribution is 5.81. The fraction of sp³-hybridized carbons (Fsp3) is 0.281. The van der Waals surface area contributed by atoms with Gasteiger partial charge in [0.25, 0.3) is 0 Å². The van der Waals surface area contributed by atoms with Gasteiger partial charge in [-0.15, -0.1) is 0 Å². The quantitative estimate of drug-likeness (QED) is 0.291. The number of morpholine rings is 1. The van der Waals surface area contributed by atoms with Gasteiger partial charge in [-0.1, -0.05) is 60.7 Å². The number of aromatic nitrogens is 3. The minimum Gasteiger partial charge on any atom is -0.507 e. The second kappa shape index (κ2) is 11.6. The maximum atomic E-state index is 12.7. The van der Waals surface area contributed by atoms with Crippen molar-refractivity contribution in [2.75, 3.05) is 13.2 Å². The Morgan fingerprint density at radius 3 is 2.05 bits per heavy atom. The summed E-state index contributed by atoms with van der Waals surface area (Å²) in [4.78, 5) is 38.6. The van der Waals surface area contributed by atoms with Crippen molar-refractivity contribution in [2.45, 2.75) is 44.9 Å². The second-order valence-corrected chi connectivity index (χ2v) is 11.0. The van der Waals surface area contributed by atoms with Crippen molar-refractivity contribution < 1.29 is 28.9 Å². The fourth-order valence-corrected chi connectivity index (χ4v) is 4.63. The molecule has 4 aromatic rings. The number of rotatable bonds is 8. The molecule has 42 heavy (non-hydrogen) atoms. The molecule has 1 aliphatic heterocycles. The van der Waals surface area contributed by atoms with E-state index in [0.717, 1.165) is 11.1 Å². The zero-order chi connectivity index (χ0) is 29.9. The second-order valence-electron chi connectivity index (χ2n) is 11.0. The zero-order valence-electron chi connectivity index (χ0n) is 23.8. The number of cyclic esters (lactones) is 1. The molecule has 5 rings (SSSR count). The van der Waals surface area contributed by atoms with Crippen molar-refractivity contribution in [3.63, 3.8) is 0 Å². The van der Waals surface area contributed by atoms with Crippen LogP contribution in [0.5, 0.6) is 11.5 Å². The highest BCUT2D eigenvalue weighted by Gasteiger charge is 2.44. The smallest absolute Gasteiger partial charge is 0.347 e. The van der Waals surface area contributed by atoms with E-state index in [4.69, 9.17) is 14.2 Å². The SMILES string of the molecule is CC(Oc1ccc(-c2nc(-c3ccccc3)nc(-c3ccccc3)n2)c(O)c1)C(=O)OCC1(C)COC(=O)C(C)(C)N1. The summed E-state index contributed by atoms with van der Waals surface area (Å²) >= 11 is 0. The van der Waals surface area contributed by atoms with Crippen LogP contribution in [0.3, 0.4) is 0 Å². The molecule has 0 bridgehead atoms. The summed E-state index contributed by atoms with van der Waals surface area (Å²) in [7, 11) is 0. The largest absolute Gasteiger partial charge is 0.507 e. The summed E-state index contributed by atoms with van der Waals surface area (Å²) in [6, 6.07) is 23.7. The molecule has 2 atom stereocenters. The Bertz CT molecular complexity index is 1540. The van der Waals surface area contributed by atoms with Crippen LogP contribution in [0.25, 0.3) is 34.2 Å². The third-order valence-corrected chi connectivity index (χ3v) is 6.73. The van der Waals surface area contributed by atoms with Gasteiger partial charge in [0.1, 0.15) is 30.3 Å². The average Bonchev–Trinajstić information content (AvgIpc) is 2.98. The fourth-order valence-electron chi connectivity index (χ4n) is 4.63. The molecule has 1 fully saturated rings. The normalized spacial score (nSPS) is 18.5. The van der Waals surface area contributed by atoms with Crippen molar-refractivity contribution >= 4 is 11.9 Å². The molecule has 2 heterocycles. The minimum atomic E-state index is -0.968. The summed E-state index contributed by atoms with van der Waals surface area (Å²) in [5.74, 6) is 0.393. The number of phenolic OH excluding ortho intramolecular Hbond substituents is 1. The van der Waals surface area contributed by atoms with E-state index in [1.807, 2.05) is 67.6 Å². The third kappa shape index (κ3) is 6.39. The number of aromatic hydroxyl groups is 1. The van der Waals surface area contributed by atoms with E-state index in [9.17, 15) is 14.7 Å². The van der Waals surface area contributed by atoms with E-state index in [-0.39, 0.29) is 36.5 Å². The van der Waals surface area contributed by atoms with Gasteiger partial charge in [-0.05, 0) is 39.8 Å². The predicted octanol–water partition coefficient (Wildman–Crippen LogP) is 4.57. The van der Waals surface area contributed by atoms with Gasteiger partial charge in [0.05, 0.1) is 11.1 Å². The van der Waals surface area contributed by atoms with Crippen LogP contribution >= 0.6 is 0 Å². The summed E-state index contributed by atoms with van der Waals surface area (Å²) in [6.07, 6.45) is -0.968. The van der Waals surface area contributed by atoms with Crippen molar-refractivity contribution in [1.29, 1.82) is 0 Å². The Kier molecular flexibility index (Phi) is 7.91. The van der Waals surface area contributed by atoms with E-state index in [2.05, 4.69) is 20.3 Å². The van der Waals surface area contributed by atoms with Gasteiger partial charge < -0.3 is 19.3 Å². The van der Waals surface area contributed by atoms with Crippen LogP contribution in [0.2, 0.25) is 0 Å². The molecule has 0 saturated carbocycles. The minimum absolute atomic E-state index is 0.0205. The van der Waals surface area contributed by atoms with Gasteiger partial charge in [-0.3, -0.25) is 10.1 Å². The first-order valence-corrected chi connectivity index (χ1v) is 13.5. The van der Waals surface area contributed by atoms with Gasteiger partial charge in [0.2, 0.25) is 0 Å². The number of ether oxygens (including phenoxy) is 3. The van der Waals surface area contributed by atoms with Crippen LogP contribution in [0, 0.1) is 0 Å². The summed E-state index contributed by atoms with van der Waals surface area (Å²) in [5, 5.41) is 14.1. The van der Waals surface area contributed by atoms with Gasteiger partial charge in [0.15, 0.2) is 23.6 Å². The predicted molar refractivity (Wildman–Crippen MR) is 155 cm³/mol. The molecule has 1 aliphatic rings. The molecular weight excluding hydrogens is 536 g/mol. The van der Waals surface area contributed by atoms with Crippen LogP contribution in [0.1, 0.15) is 27.7 Å². The first kappa shape index (κ1) is 28.7. The van der Waals surface area contributed by atoms with Crippen LogP contribution in [0.15, 0.2) is 78.9 Å². The van der Waals surface area contributed by atoms with Gasteiger partial charge in [-0.2, -0.15) is 0 Å². The molecular formula is C32H32N4O6. The standard InChI is InChI=1S/C32H32N4O6/c1-20(29(38)40-18-32(4)19-41-30(39)31(2,3)36-32)42-23-15-16-24(25(37)17-23)28-34-26(21-11-7-5-8-12-21)33-27(35-28)22-13-9-6-10-14-22/h5-17,20,36-37H,18-19H2,1-4H3. The molecule has 1 saturated heterocycles. The average molecular weight is 569 g/mol. The van der Waals surface area contributed by atoms with E-state index < -0.39 is 23.2 Å². The van der Waals surface area contributed by atoms with E-state index >= 15 is 0 Å². The summed E-state index contributed by atoms with van der Waals surface area (Å²) in [6.45, 7) is 6.83. The topological polar surface area (TPSA) is 133 Å². The third-order valence-electron chi connectivity index (χ3n) is 6.73. The maximum absolute atomic E-state index is 12.7. The highest BCUT2D eigenvalue weighted by Crippen LogP contribution is 2.33. The van der Waals surface area contributed by atoms with Gasteiger partial charge in [0, 0.05) is 17.2 Å². The molecule has 2 N–H and O–H groups in total. The van der Waals surface area contributed by atoms with Crippen molar-refractivity contribution in [3.05, 3.63) is 78.9 Å². The first-order chi connectivity index (χ1) is 20.0. The molecule has 3 aromatic carbocycles. The van der Waals surface area contributed by atoms with Crippen molar-refractivity contribution in [3.8, 4) is 45.7 Å². The number of hydrogen-bond acceptors (Lipinski definition) is 10. The van der Waals surface area contributed by atoms with E-state index in [1.54, 1.807) is 32.9 Å². The molecule has 2 unspecified atom stereocenters. The van der Waals surface area contributed by atoms with Crippen LogP contribution in [-0.2, 0) is 19.1 Å². The lowest BCUT2D eigenvalue weighted by Gasteiger charge is -2.42. The highest BCUT2D eigenvalue weighted by atomic mass is 16.6. The molecule has 0 radical (unpaired) electrons. The Morgan fingerprint density at radius 1 is 0.929 bits per heavy atom. The van der Waals surface area contributed by atoms with Gasteiger partial charge in [-0.25, -0.2) is 19.7 Å². The zero-order valence-corrected chi connectivity index (χ0v) is 23.8. The number of nitrogens with one attached hydrogen (secondary N) is 1. The van der Waals surface area contributed by atoms with Crippen LogP contribution in [0.4, 0.5) is 0 Å². The number of esters is 2. The number of hydrogen-bond donors (Lipinski definition) is 2. The van der Waals surface area contributed by atoms with Crippen LogP contribution < -0.4 is 10.1 Å². The molecule has 0 amide bonds. The lowest BCUT2D eigenvalue weighted by Crippen LogP contribution is -2.66. The molecule has 216 valence electrons. The Morgan fingerprint density at radius 2 is 1.50 bits per heavy atom. The molecule has 0 aliphatic carbocycles. The molecule has 1 aromatic heterocycles. The lowest BCUT2D eigenvalue weighted by atomic mass is 9.94. The Labute approximate surface area is 243 Å². The molecule has 10 heteroatoms. The Hall–Kier alpha value is -4.83. The molecule has 0 spiro atoms. The molecule has 10 nitrogen and oxygen atoms in total. The van der Waals surface area contributed by atoms with E-state index in [1.165, 1.54) is 6.07 Å². The van der Waals surface area contributed by atoms with Crippen molar-refractivity contribution in [2.24, 2.45) is 0 Å². The number of benzene rings is 3. The number of carbonyl (C=O) groups is 2. The maximum Gasteiger partial charge on any atom is 0.347 e. The lowest BCUT2D eigenvalue weighted by molar-refractivity contribution is -0.167. The first-order valence-electron chi connectivity index (χ1n) is 13.5. The summed E-state index contributed by atoms with van der Waals surface area (Å²) in [5.41, 5.74) is 0.355. The Balaban J connectivity index is 1.32. The van der Waals surface area contributed by atoms with E-state index in [0.29, 0.717) is 17.2 Å². The monoisotopic (exact) mass is 568 g/mol. The van der Waals surface area contributed by atoms with Crippen LogP contribution in [-0.4, -0.2) is 62.4 Å². The summed E-state index contributed by atoms with van der Waals surface area (Å²) < 4.78 is 16.5. The van der Waals surface area contributed by atoms with Crippen molar-refractivity contribution in [1.82, 2.24) is 20.3 Å². The number of nitrogens with zero attached hydrogens (tertiary/aromatic N) is 3. The number of phenols is 1. The number of carbonyl (C=O) groups excluding carboxylic acids is 2.